The lowest BCUT2D eigenvalue weighted by molar-refractivity contribution is 0.247. The summed E-state index contributed by atoms with van der Waals surface area (Å²) in [6.07, 6.45) is -0.109. The number of amides is 2. The van der Waals surface area contributed by atoms with E-state index >= 15 is 0 Å². The van der Waals surface area contributed by atoms with E-state index in [1.807, 2.05) is 0 Å². The predicted molar refractivity (Wildman–Crippen MR) is 34.9 cm³/mol. The van der Waals surface area contributed by atoms with E-state index < -0.39 is 0 Å². The van der Waals surface area contributed by atoms with Gasteiger partial charge in [0.25, 0.3) is 0 Å². The zero-order chi connectivity index (χ0) is 5.98. The van der Waals surface area contributed by atoms with E-state index in [4.69, 9.17) is 5.73 Å². The summed E-state index contributed by atoms with van der Waals surface area (Å²) < 4.78 is 0. The molecular formula is C3H9ClN4O. The van der Waals surface area contributed by atoms with E-state index in [2.05, 4.69) is 16.2 Å². The van der Waals surface area contributed by atoms with Gasteiger partial charge in [0.2, 0.25) is 0 Å². The molecule has 0 radical (unpaired) electrons. The maximum atomic E-state index is 10.3. The van der Waals surface area contributed by atoms with Crippen LogP contribution in [-0.2, 0) is 0 Å². The van der Waals surface area contributed by atoms with Gasteiger partial charge in [0.15, 0.2) is 0 Å². The van der Waals surface area contributed by atoms with Gasteiger partial charge in [0, 0.05) is 6.54 Å². The minimum Gasteiger partial charge on any atom is -0.327 e. The highest BCUT2D eigenvalue weighted by Crippen LogP contribution is 1.77. The molecule has 0 aromatic rings. The molecule has 1 unspecified atom stereocenters. The number of carbonyl (C=O) groups is 1. The molecule has 0 spiro atoms. The Balaban J connectivity index is 0.000000640. The molecule has 5 N–H and O–H groups in total. The van der Waals surface area contributed by atoms with Crippen LogP contribution >= 0.6 is 12.4 Å². The Labute approximate surface area is 58.7 Å². The highest BCUT2D eigenvalue weighted by molar-refractivity contribution is 5.85. The molecule has 0 aromatic carbocycles. The standard InChI is InChI=1S/C3H8N4O.ClH/c4-1-2-5-3(8)7-6-2;/h2,6H,1,4H2,(H2,5,7,8);1H. The second kappa shape index (κ2) is 3.49. The fourth-order valence-corrected chi connectivity index (χ4v) is 0.501. The molecule has 1 atom stereocenters. The van der Waals surface area contributed by atoms with Gasteiger partial charge in [-0.25, -0.2) is 10.2 Å². The molecule has 9 heavy (non-hydrogen) atoms. The summed E-state index contributed by atoms with van der Waals surface area (Å²) in [5.41, 5.74) is 10.1. The lowest BCUT2D eigenvalue weighted by Gasteiger charge is -2.01. The molecule has 54 valence electrons. The Morgan fingerprint density at radius 3 is 2.56 bits per heavy atom. The second-order valence-electron chi connectivity index (χ2n) is 1.53. The third-order valence-corrected chi connectivity index (χ3v) is 0.901. The van der Waals surface area contributed by atoms with Crippen LogP contribution in [0.15, 0.2) is 0 Å². The van der Waals surface area contributed by atoms with Crippen molar-refractivity contribution in [1.82, 2.24) is 16.2 Å². The van der Waals surface area contributed by atoms with Crippen molar-refractivity contribution in [3.63, 3.8) is 0 Å². The van der Waals surface area contributed by atoms with E-state index in [9.17, 15) is 4.79 Å². The van der Waals surface area contributed by atoms with Gasteiger partial charge in [-0.1, -0.05) is 0 Å². The molecule has 1 heterocycles. The first-order valence-electron chi connectivity index (χ1n) is 2.35. The minimum atomic E-state index is -0.222. The summed E-state index contributed by atoms with van der Waals surface area (Å²) in [7, 11) is 0. The van der Waals surface area contributed by atoms with Crippen LogP contribution < -0.4 is 21.9 Å². The number of halogens is 1. The van der Waals surface area contributed by atoms with E-state index in [0.29, 0.717) is 6.54 Å². The molecule has 1 rings (SSSR count). The minimum absolute atomic E-state index is 0. The Bertz CT molecular complexity index is 108. The zero-order valence-electron chi connectivity index (χ0n) is 4.68. The Morgan fingerprint density at radius 1 is 1.67 bits per heavy atom. The van der Waals surface area contributed by atoms with Gasteiger partial charge in [0.05, 0.1) is 0 Å². The van der Waals surface area contributed by atoms with Crippen LogP contribution in [0.25, 0.3) is 0 Å². The molecule has 0 aromatic heterocycles. The molecule has 1 saturated heterocycles. The summed E-state index contributed by atoms with van der Waals surface area (Å²) in [6, 6.07) is -0.222. The van der Waals surface area contributed by atoms with Crippen LogP contribution in [0.4, 0.5) is 4.79 Å². The first-order chi connectivity index (χ1) is 3.83. The number of nitrogens with one attached hydrogen (secondary N) is 3. The van der Waals surface area contributed by atoms with Crippen molar-refractivity contribution in [1.29, 1.82) is 0 Å². The van der Waals surface area contributed by atoms with Crippen LogP contribution in [-0.4, -0.2) is 18.7 Å². The monoisotopic (exact) mass is 152 g/mol. The van der Waals surface area contributed by atoms with E-state index in [0.717, 1.165) is 0 Å². The summed E-state index contributed by atoms with van der Waals surface area (Å²) in [6.45, 7) is 0.402. The fourth-order valence-electron chi connectivity index (χ4n) is 0.501. The van der Waals surface area contributed by atoms with E-state index in [1.54, 1.807) is 0 Å². The zero-order valence-corrected chi connectivity index (χ0v) is 5.49. The van der Waals surface area contributed by atoms with Gasteiger partial charge in [-0.05, 0) is 0 Å². The van der Waals surface area contributed by atoms with Crippen LogP contribution in [0.1, 0.15) is 0 Å². The lowest BCUT2D eigenvalue weighted by Crippen LogP contribution is -2.40. The SMILES string of the molecule is Cl.NCC1NNC(=O)N1. The number of hydrogen-bond donors (Lipinski definition) is 4. The molecule has 1 aliphatic rings. The average molecular weight is 153 g/mol. The maximum absolute atomic E-state index is 10.3. The smallest absolute Gasteiger partial charge is 0.327 e. The van der Waals surface area contributed by atoms with Gasteiger partial charge in [-0.15, -0.1) is 12.4 Å². The predicted octanol–water partition coefficient (Wildman–Crippen LogP) is -1.49. The first kappa shape index (κ1) is 8.48. The third-order valence-electron chi connectivity index (χ3n) is 0.901. The summed E-state index contributed by atoms with van der Waals surface area (Å²) >= 11 is 0. The molecule has 0 bridgehead atoms. The van der Waals surface area contributed by atoms with Gasteiger partial charge in [0.1, 0.15) is 6.17 Å². The van der Waals surface area contributed by atoms with Crippen molar-refractivity contribution < 1.29 is 4.79 Å². The lowest BCUT2D eigenvalue weighted by atomic mass is 10.5. The first-order valence-corrected chi connectivity index (χ1v) is 2.35. The van der Waals surface area contributed by atoms with Gasteiger partial charge in [-0.3, -0.25) is 5.43 Å². The number of rotatable bonds is 1. The number of urea groups is 1. The van der Waals surface area contributed by atoms with Crippen LogP contribution in [0, 0.1) is 0 Å². The van der Waals surface area contributed by atoms with E-state index in [-0.39, 0.29) is 24.6 Å². The highest BCUT2D eigenvalue weighted by atomic mass is 35.5. The largest absolute Gasteiger partial charge is 0.330 e. The normalized spacial score (nSPS) is 24.1. The van der Waals surface area contributed by atoms with Crippen molar-refractivity contribution in [3.8, 4) is 0 Å². The number of nitrogens with two attached hydrogens (primary N) is 1. The topological polar surface area (TPSA) is 79.2 Å². The maximum Gasteiger partial charge on any atom is 0.330 e. The Hall–Kier alpha value is -0.520. The second-order valence-corrected chi connectivity index (χ2v) is 1.53. The molecule has 0 saturated carbocycles. The molecule has 6 heteroatoms. The van der Waals surface area contributed by atoms with Crippen molar-refractivity contribution in [2.45, 2.75) is 6.17 Å². The van der Waals surface area contributed by atoms with Crippen molar-refractivity contribution in [2.75, 3.05) is 6.54 Å². The Kier molecular flexibility index (Phi) is 3.29. The average Bonchev–Trinajstić information content (AvgIpc) is 2.14. The molecule has 5 nitrogen and oxygen atoms in total. The highest BCUT2D eigenvalue weighted by Gasteiger charge is 2.15. The van der Waals surface area contributed by atoms with Crippen molar-refractivity contribution >= 4 is 18.4 Å². The summed E-state index contributed by atoms with van der Waals surface area (Å²) in [5, 5.41) is 2.52. The van der Waals surface area contributed by atoms with Crippen LogP contribution in [0.2, 0.25) is 0 Å². The van der Waals surface area contributed by atoms with E-state index in [1.165, 1.54) is 0 Å². The number of hydrogen-bond acceptors (Lipinski definition) is 3. The van der Waals surface area contributed by atoms with Gasteiger partial charge in [-0.2, -0.15) is 0 Å². The molecule has 0 aliphatic carbocycles. The fraction of sp³-hybridized carbons (Fsp3) is 0.667. The summed E-state index contributed by atoms with van der Waals surface area (Å²) in [5.74, 6) is 0. The van der Waals surface area contributed by atoms with Crippen molar-refractivity contribution in [3.05, 3.63) is 0 Å². The van der Waals surface area contributed by atoms with Gasteiger partial charge < -0.3 is 11.1 Å². The summed E-state index contributed by atoms with van der Waals surface area (Å²) in [4.78, 5) is 10.3. The van der Waals surface area contributed by atoms with Crippen molar-refractivity contribution in [2.24, 2.45) is 5.73 Å². The number of hydrazine groups is 1. The Morgan fingerprint density at radius 2 is 2.33 bits per heavy atom. The van der Waals surface area contributed by atoms with Crippen LogP contribution in [0.5, 0.6) is 0 Å². The third kappa shape index (κ3) is 2.05. The quantitative estimate of drug-likeness (QED) is 0.370. The molecule has 1 aliphatic heterocycles. The molecular weight excluding hydrogens is 144 g/mol. The van der Waals surface area contributed by atoms with Crippen LogP contribution in [0.3, 0.4) is 0 Å². The van der Waals surface area contributed by atoms with Gasteiger partial charge >= 0.3 is 6.03 Å². The molecule has 1 fully saturated rings. The molecule has 2 amide bonds. The number of carbonyl (C=O) groups excluding carboxylic acids is 1.